The van der Waals surface area contributed by atoms with Gasteiger partial charge in [-0.05, 0) is 12.3 Å². The highest BCUT2D eigenvalue weighted by atomic mass is 32.2. The maximum absolute atomic E-state index is 11.7. The lowest BCUT2D eigenvalue weighted by atomic mass is 10.1. The van der Waals surface area contributed by atoms with Crippen LogP contribution < -0.4 is 0 Å². The summed E-state index contributed by atoms with van der Waals surface area (Å²) < 4.78 is 11.7. The maximum Gasteiger partial charge on any atom is 0.319 e. The van der Waals surface area contributed by atoms with Gasteiger partial charge in [0.2, 0.25) is 0 Å². The molecule has 0 aliphatic rings. The lowest BCUT2D eigenvalue weighted by molar-refractivity contribution is -0.136. The number of carboxylic acids is 1. The first-order valence-electron chi connectivity index (χ1n) is 5.16. The molecule has 0 rings (SSSR count). The minimum Gasteiger partial charge on any atom is -0.480 e. The predicted molar refractivity (Wildman–Crippen MR) is 58.8 cm³/mol. The van der Waals surface area contributed by atoms with E-state index in [0.29, 0.717) is 18.1 Å². The molecule has 0 fully saturated rings. The first-order valence-corrected chi connectivity index (χ1v) is 6.54. The van der Waals surface area contributed by atoms with E-state index in [1.54, 1.807) is 6.92 Å². The van der Waals surface area contributed by atoms with Crippen LogP contribution in [0.25, 0.3) is 0 Å². The van der Waals surface area contributed by atoms with Gasteiger partial charge in [-0.25, -0.2) is 0 Å². The molecule has 0 aromatic carbocycles. The summed E-state index contributed by atoms with van der Waals surface area (Å²) in [7, 11) is -1.22. The first kappa shape index (κ1) is 13.6. The van der Waals surface area contributed by atoms with Gasteiger partial charge in [0.15, 0.2) is 0 Å². The Bertz CT molecular complexity index is 200. The highest BCUT2D eigenvalue weighted by molar-refractivity contribution is 7.86. The number of rotatable bonds is 7. The highest BCUT2D eigenvalue weighted by Crippen LogP contribution is 2.13. The second kappa shape index (κ2) is 6.98. The normalized spacial score (nSPS) is 15.4. The number of carbonyl (C=O) groups is 1. The summed E-state index contributed by atoms with van der Waals surface area (Å²) >= 11 is 0. The molecule has 4 heteroatoms. The van der Waals surface area contributed by atoms with Crippen molar-refractivity contribution in [3.63, 3.8) is 0 Å². The molecule has 0 bridgehead atoms. The van der Waals surface area contributed by atoms with Crippen molar-refractivity contribution in [1.29, 1.82) is 0 Å². The third-order valence-electron chi connectivity index (χ3n) is 2.52. The third kappa shape index (κ3) is 4.22. The largest absolute Gasteiger partial charge is 0.480 e. The highest BCUT2D eigenvalue weighted by Gasteiger charge is 2.23. The quantitative estimate of drug-likeness (QED) is 0.714. The summed E-state index contributed by atoms with van der Waals surface area (Å²) in [5.41, 5.74) is 0. The Morgan fingerprint density at radius 2 is 1.71 bits per heavy atom. The van der Waals surface area contributed by atoms with Crippen LogP contribution in [0.5, 0.6) is 0 Å². The van der Waals surface area contributed by atoms with E-state index in [2.05, 4.69) is 0 Å². The van der Waals surface area contributed by atoms with Gasteiger partial charge in [0.05, 0.1) is 0 Å². The van der Waals surface area contributed by atoms with Gasteiger partial charge in [-0.3, -0.25) is 9.00 Å². The number of carboxylic acid groups (broad SMARTS) is 1. The van der Waals surface area contributed by atoms with Gasteiger partial charge in [-0.15, -0.1) is 0 Å². The van der Waals surface area contributed by atoms with Gasteiger partial charge >= 0.3 is 5.97 Å². The standard InChI is InChI=1S/C10H20O3S/c1-4-8(5-2)7-14(13)9(6-3)10(11)12/h8-9H,4-7H2,1-3H3,(H,11,12). The average molecular weight is 220 g/mol. The van der Waals surface area contributed by atoms with Crippen LogP contribution in [0.15, 0.2) is 0 Å². The van der Waals surface area contributed by atoms with Gasteiger partial charge in [-0.1, -0.05) is 33.6 Å². The zero-order valence-corrected chi connectivity index (χ0v) is 9.97. The molecule has 3 nitrogen and oxygen atoms in total. The van der Waals surface area contributed by atoms with Crippen LogP contribution in [0.3, 0.4) is 0 Å². The van der Waals surface area contributed by atoms with Gasteiger partial charge in [-0.2, -0.15) is 0 Å². The van der Waals surface area contributed by atoms with E-state index in [1.165, 1.54) is 0 Å². The minimum atomic E-state index is -1.22. The van der Waals surface area contributed by atoms with Crippen molar-refractivity contribution in [1.82, 2.24) is 0 Å². The van der Waals surface area contributed by atoms with E-state index in [9.17, 15) is 9.00 Å². The van der Waals surface area contributed by atoms with E-state index in [0.717, 1.165) is 12.8 Å². The molecule has 0 aromatic heterocycles. The lowest BCUT2D eigenvalue weighted by Crippen LogP contribution is -2.28. The zero-order chi connectivity index (χ0) is 11.1. The third-order valence-corrected chi connectivity index (χ3v) is 4.49. The van der Waals surface area contributed by atoms with Crippen LogP contribution in [0.1, 0.15) is 40.0 Å². The fraction of sp³-hybridized carbons (Fsp3) is 0.900. The average Bonchev–Trinajstić information content (AvgIpc) is 2.14. The van der Waals surface area contributed by atoms with Crippen molar-refractivity contribution in [2.24, 2.45) is 5.92 Å². The van der Waals surface area contributed by atoms with Crippen LogP contribution >= 0.6 is 0 Å². The van der Waals surface area contributed by atoms with Crippen LogP contribution in [0.2, 0.25) is 0 Å². The van der Waals surface area contributed by atoms with E-state index >= 15 is 0 Å². The SMILES string of the molecule is CCC(CC)CS(=O)C(CC)C(=O)O. The topological polar surface area (TPSA) is 54.4 Å². The predicted octanol–water partition coefficient (Wildman–Crippen LogP) is 2.03. The zero-order valence-electron chi connectivity index (χ0n) is 9.16. The van der Waals surface area contributed by atoms with Crippen molar-refractivity contribution in [2.75, 3.05) is 5.75 Å². The lowest BCUT2D eigenvalue weighted by Gasteiger charge is -2.15. The summed E-state index contributed by atoms with van der Waals surface area (Å²) in [4.78, 5) is 10.7. The van der Waals surface area contributed by atoms with Gasteiger partial charge < -0.3 is 5.11 Å². The molecule has 2 atom stereocenters. The van der Waals surface area contributed by atoms with Crippen molar-refractivity contribution >= 4 is 16.8 Å². The molecule has 0 aliphatic carbocycles. The fourth-order valence-electron chi connectivity index (χ4n) is 1.35. The maximum atomic E-state index is 11.7. The van der Waals surface area contributed by atoms with Crippen molar-refractivity contribution in [3.8, 4) is 0 Å². The molecule has 14 heavy (non-hydrogen) atoms. The van der Waals surface area contributed by atoms with E-state index in [4.69, 9.17) is 5.11 Å². The second-order valence-corrected chi connectivity index (χ2v) is 5.13. The Kier molecular flexibility index (Phi) is 6.79. The summed E-state index contributed by atoms with van der Waals surface area (Å²) in [6, 6.07) is 0. The summed E-state index contributed by atoms with van der Waals surface area (Å²) in [6.45, 7) is 5.86. The Morgan fingerprint density at radius 1 is 1.21 bits per heavy atom. The Balaban J connectivity index is 4.23. The molecular formula is C10H20O3S. The van der Waals surface area contributed by atoms with E-state index in [-0.39, 0.29) is 0 Å². The van der Waals surface area contributed by atoms with E-state index < -0.39 is 22.0 Å². The molecule has 0 spiro atoms. The molecular weight excluding hydrogens is 200 g/mol. The Hall–Kier alpha value is -0.380. The Labute approximate surface area is 88.4 Å². The molecule has 0 heterocycles. The van der Waals surface area contributed by atoms with Crippen molar-refractivity contribution in [2.45, 2.75) is 45.3 Å². The molecule has 0 aliphatic heterocycles. The number of hydrogen-bond donors (Lipinski definition) is 1. The summed E-state index contributed by atoms with van der Waals surface area (Å²) in [5.74, 6) is -0.0151. The van der Waals surface area contributed by atoms with Crippen LogP contribution in [-0.2, 0) is 15.6 Å². The van der Waals surface area contributed by atoms with Crippen LogP contribution in [-0.4, -0.2) is 26.3 Å². The second-order valence-electron chi connectivity index (χ2n) is 3.47. The van der Waals surface area contributed by atoms with Crippen LogP contribution in [0.4, 0.5) is 0 Å². The number of aliphatic carboxylic acids is 1. The Morgan fingerprint density at radius 3 is 2.00 bits per heavy atom. The summed E-state index contributed by atoms with van der Waals surface area (Å²) in [6.07, 6.45) is 2.39. The minimum absolute atomic E-state index is 0.393. The molecule has 84 valence electrons. The number of hydrogen-bond acceptors (Lipinski definition) is 2. The van der Waals surface area contributed by atoms with Gasteiger partial charge in [0.25, 0.3) is 0 Å². The fourth-order valence-corrected chi connectivity index (χ4v) is 3.11. The monoisotopic (exact) mass is 220 g/mol. The smallest absolute Gasteiger partial charge is 0.319 e. The van der Waals surface area contributed by atoms with Crippen LogP contribution in [0, 0.1) is 5.92 Å². The molecule has 2 unspecified atom stereocenters. The summed E-state index contributed by atoms with van der Waals surface area (Å²) in [5, 5.41) is 8.12. The first-order chi connectivity index (χ1) is 6.56. The van der Waals surface area contributed by atoms with Gasteiger partial charge in [0, 0.05) is 16.6 Å². The molecule has 0 radical (unpaired) electrons. The molecule has 0 amide bonds. The van der Waals surface area contributed by atoms with Gasteiger partial charge in [0.1, 0.15) is 5.25 Å². The molecule has 1 N–H and O–H groups in total. The van der Waals surface area contributed by atoms with E-state index in [1.807, 2.05) is 13.8 Å². The molecule has 0 saturated carbocycles. The van der Waals surface area contributed by atoms with Crippen molar-refractivity contribution < 1.29 is 14.1 Å². The molecule has 0 aromatic rings. The van der Waals surface area contributed by atoms with Crippen molar-refractivity contribution in [3.05, 3.63) is 0 Å². The molecule has 0 saturated heterocycles.